The molecule has 1 aliphatic carbocycles. The summed E-state index contributed by atoms with van der Waals surface area (Å²) in [6.07, 6.45) is 10.3. The summed E-state index contributed by atoms with van der Waals surface area (Å²) in [6.45, 7) is 2.12. The van der Waals surface area contributed by atoms with E-state index in [0.29, 0.717) is 0 Å². The molecule has 0 bridgehead atoms. The monoisotopic (exact) mass is 261 g/mol. The first-order chi connectivity index (χ1) is 9.19. The minimum absolute atomic E-state index is 0.214. The van der Waals surface area contributed by atoms with Crippen LogP contribution in [0.5, 0.6) is 0 Å². The summed E-state index contributed by atoms with van der Waals surface area (Å²) >= 11 is 0. The minimum Gasteiger partial charge on any atom is -0.320 e. The Morgan fingerprint density at radius 3 is 2.84 bits per heavy atom. The maximum absolute atomic E-state index is 9.22. The van der Waals surface area contributed by atoms with Crippen molar-refractivity contribution in [2.75, 3.05) is 0 Å². The maximum Gasteiger partial charge on any atom is 0.140 e. The van der Waals surface area contributed by atoms with Crippen LogP contribution in [0.4, 0.5) is 0 Å². The number of nitrogens with two attached hydrogens (primary N) is 1. The SMILES string of the molecule is CCCCC(C#N)n1cc(C2(N)CCCCC2)nn1. The third-order valence-electron chi connectivity index (χ3n) is 4.07. The molecule has 2 N–H and O–H groups in total. The predicted octanol–water partition coefficient (Wildman–Crippen LogP) is 2.65. The number of hydrogen-bond acceptors (Lipinski definition) is 4. The van der Waals surface area contributed by atoms with E-state index >= 15 is 0 Å². The highest BCUT2D eigenvalue weighted by molar-refractivity contribution is 5.12. The van der Waals surface area contributed by atoms with Crippen LogP contribution in [0.3, 0.4) is 0 Å². The van der Waals surface area contributed by atoms with Gasteiger partial charge < -0.3 is 5.73 Å². The molecule has 0 amide bonds. The van der Waals surface area contributed by atoms with Crippen LogP contribution in [0.1, 0.15) is 70.0 Å². The lowest BCUT2D eigenvalue weighted by Gasteiger charge is -2.31. The average molecular weight is 261 g/mol. The molecule has 2 rings (SSSR count). The molecule has 1 unspecified atom stereocenters. The van der Waals surface area contributed by atoms with E-state index in [1.165, 1.54) is 6.42 Å². The zero-order chi connectivity index (χ0) is 13.7. The molecule has 5 heteroatoms. The number of hydrogen-bond donors (Lipinski definition) is 1. The van der Waals surface area contributed by atoms with Crippen molar-refractivity contribution in [2.45, 2.75) is 69.9 Å². The molecule has 1 aromatic rings. The zero-order valence-corrected chi connectivity index (χ0v) is 11.7. The Hall–Kier alpha value is -1.41. The molecule has 0 radical (unpaired) electrons. The molecular formula is C14H23N5. The second kappa shape index (κ2) is 6.16. The lowest BCUT2D eigenvalue weighted by atomic mass is 9.80. The van der Waals surface area contributed by atoms with Crippen molar-refractivity contribution in [3.8, 4) is 6.07 Å². The van der Waals surface area contributed by atoms with Crippen LogP contribution in [0.25, 0.3) is 0 Å². The Labute approximate surface area is 114 Å². The number of unbranched alkanes of at least 4 members (excludes halogenated alkanes) is 1. The van der Waals surface area contributed by atoms with Crippen LogP contribution in [-0.4, -0.2) is 15.0 Å². The highest BCUT2D eigenvalue weighted by Gasteiger charge is 2.32. The summed E-state index contributed by atoms with van der Waals surface area (Å²) in [4.78, 5) is 0. The lowest BCUT2D eigenvalue weighted by Crippen LogP contribution is -2.39. The molecule has 0 aliphatic heterocycles. The van der Waals surface area contributed by atoms with Gasteiger partial charge in [-0.15, -0.1) is 5.10 Å². The molecular weight excluding hydrogens is 238 g/mol. The van der Waals surface area contributed by atoms with Gasteiger partial charge in [0.05, 0.1) is 17.8 Å². The summed E-state index contributed by atoms with van der Waals surface area (Å²) in [5, 5.41) is 17.6. The van der Waals surface area contributed by atoms with Gasteiger partial charge in [0.15, 0.2) is 0 Å². The molecule has 1 atom stereocenters. The highest BCUT2D eigenvalue weighted by atomic mass is 15.4. The summed E-state index contributed by atoms with van der Waals surface area (Å²) in [5.41, 5.74) is 6.96. The van der Waals surface area contributed by atoms with E-state index in [2.05, 4.69) is 23.3 Å². The van der Waals surface area contributed by atoms with Gasteiger partial charge in [-0.25, -0.2) is 4.68 Å². The average Bonchev–Trinajstić information content (AvgIpc) is 2.91. The van der Waals surface area contributed by atoms with Gasteiger partial charge in [0, 0.05) is 0 Å². The Balaban J connectivity index is 2.11. The van der Waals surface area contributed by atoms with Crippen LogP contribution in [0.2, 0.25) is 0 Å². The summed E-state index contributed by atoms with van der Waals surface area (Å²) < 4.78 is 1.69. The second-order valence-corrected chi connectivity index (χ2v) is 5.59. The van der Waals surface area contributed by atoms with Gasteiger partial charge in [-0.1, -0.05) is 44.2 Å². The van der Waals surface area contributed by atoms with Gasteiger partial charge in [0.25, 0.3) is 0 Å². The third-order valence-corrected chi connectivity index (χ3v) is 4.07. The fraction of sp³-hybridized carbons (Fsp3) is 0.786. The van der Waals surface area contributed by atoms with E-state index in [-0.39, 0.29) is 11.6 Å². The van der Waals surface area contributed by atoms with Crippen molar-refractivity contribution in [1.29, 1.82) is 5.26 Å². The molecule has 104 valence electrons. The standard InChI is InChI=1S/C14H23N5/c1-2-3-7-12(10-15)19-11-13(17-18-19)14(16)8-5-4-6-9-14/h11-12H,2-9,16H2,1H3. The lowest BCUT2D eigenvalue weighted by molar-refractivity contribution is 0.294. The fourth-order valence-corrected chi connectivity index (χ4v) is 2.75. The van der Waals surface area contributed by atoms with Crippen LogP contribution < -0.4 is 5.73 Å². The van der Waals surface area contributed by atoms with Gasteiger partial charge >= 0.3 is 0 Å². The predicted molar refractivity (Wildman–Crippen MR) is 73.1 cm³/mol. The van der Waals surface area contributed by atoms with Gasteiger partial charge in [-0.2, -0.15) is 5.26 Å². The van der Waals surface area contributed by atoms with Gasteiger partial charge in [0.2, 0.25) is 0 Å². The largest absolute Gasteiger partial charge is 0.320 e. The molecule has 0 spiro atoms. The molecule has 0 saturated heterocycles. The molecule has 0 aromatic carbocycles. The minimum atomic E-state index is -0.332. The van der Waals surface area contributed by atoms with Crippen molar-refractivity contribution in [3.05, 3.63) is 11.9 Å². The first-order valence-corrected chi connectivity index (χ1v) is 7.30. The molecule has 1 aromatic heterocycles. The molecule has 1 saturated carbocycles. The van der Waals surface area contributed by atoms with Crippen LogP contribution in [-0.2, 0) is 5.54 Å². The molecule has 1 aliphatic rings. The van der Waals surface area contributed by atoms with Crippen LogP contribution in [0.15, 0.2) is 6.20 Å². The second-order valence-electron chi connectivity index (χ2n) is 5.59. The van der Waals surface area contributed by atoms with E-state index < -0.39 is 0 Å². The van der Waals surface area contributed by atoms with Crippen LogP contribution in [0, 0.1) is 11.3 Å². The highest BCUT2D eigenvalue weighted by Crippen LogP contribution is 2.33. The van der Waals surface area contributed by atoms with E-state index in [9.17, 15) is 5.26 Å². The van der Waals surface area contributed by atoms with Gasteiger partial charge in [-0.05, 0) is 19.3 Å². The van der Waals surface area contributed by atoms with Gasteiger partial charge in [-0.3, -0.25) is 0 Å². The molecule has 1 fully saturated rings. The molecule has 5 nitrogen and oxygen atoms in total. The maximum atomic E-state index is 9.22. The third kappa shape index (κ3) is 3.13. The Morgan fingerprint density at radius 1 is 1.47 bits per heavy atom. The van der Waals surface area contributed by atoms with Crippen molar-refractivity contribution < 1.29 is 0 Å². The van der Waals surface area contributed by atoms with Crippen molar-refractivity contribution in [2.24, 2.45) is 5.73 Å². The number of nitriles is 1. The van der Waals surface area contributed by atoms with E-state index in [0.717, 1.165) is 50.6 Å². The topological polar surface area (TPSA) is 80.5 Å². The Morgan fingerprint density at radius 2 is 2.21 bits per heavy atom. The quantitative estimate of drug-likeness (QED) is 0.883. The number of rotatable bonds is 5. The Bertz CT molecular complexity index is 439. The zero-order valence-electron chi connectivity index (χ0n) is 11.7. The van der Waals surface area contributed by atoms with E-state index in [1.54, 1.807) is 4.68 Å². The fourth-order valence-electron chi connectivity index (χ4n) is 2.75. The molecule has 1 heterocycles. The summed E-state index contributed by atoms with van der Waals surface area (Å²) in [5.74, 6) is 0. The molecule has 19 heavy (non-hydrogen) atoms. The number of aromatic nitrogens is 3. The first-order valence-electron chi connectivity index (χ1n) is 7.30. The first kappa shape index (κ1) is 14.0. The van der Waals surface area contributed by atoms with Crippen molar-refractivity contribution in [1.82, 2.24) is 15.0 Å². The van der Waals surface area contributed by atoms with Crippen molar-refractivity contribution >= 4 is 0 Å². The van der Waals surface area contributed by atoms with Crippen molar-refractivity contribution in [3.63, 3.8) is 0 Å². The smallest absolute Gasteiger partial charge is 0.140 e. The van der Waals surface area contributed by atoms with Crippen LogP contribution >= 0.6 is 0 Å². The van der Waals surface area contributed by atoms with Gasteiger partial charge in [0.1, 0.15) is 11.7 Å². The van der Waals surface area contributed by atoms with E-state index in [4.69, 9.17) is 5.73 Å². The van der Waals surface area contributed by atoms with E-state index in [1.807, 2.05) is 6.20 Å². The summed E-state index contributed by atoms with van der Waals surface area (Å²) in [6, 6.07) is 2.09. The Kier molecular flexibility index (Phi) is 4.54. The summed E-state index contributed by atoms with van der Waals surface area (Å²) in [7, 11) is 0. The number of nitrogens with zero attached hydrogens (tertiary/aromatic N) is 4. The normalized spacial score (nSPS) is 19.8.